The van der Waals surface area contributed by atoms with Crippen molar-refractivity contribution in [1.29, 1.82) is 0 Å². The Morgan fingerprint density at radius 1 is 1.04 bits per heavy atom. The third-order valence-electron chi connectivity index (χ3n) is 4.16. The fraction of sp³-hybridized carbons (Fsp3) is 0.588. The number of hydrogen-bond donors (Lipinski definition) is 1. The van der Waals surface area contributed by atoms with E-state index in [1.54, 1.807) is 25.7 Å². The molecule has 1 aromatic rings. The van der Waals surface area contributed by atoms with Gasteiger partial charge in [0.25, 0.3) is 5.91 Å². The Bertz CT molecular complexity index is 629. The fourth-order valence-electron chi connectivity index (χ4n) is 2.90. The number of H-pyrrole nitrogens is 1. The number of hydrogen-bond acceptors (Lipinski definition) is 5. The first kappa shape index (κ1) is 18.0. The third-order valence-corrected chi connectivity index (χ3v) is 4.16. The number of carbonyl (C=O) groups excluding carboxylic acids is 3. The predicted octanol–water partition coefficient (Wildman–Crippen LogP) is 1.98. The Labute approximate surface area is 141 Å². The van der Waals surface area contributed by atoms with Gasteiger partial charge in [-0.1, -0.05) is 0 Å². The second-order valence-corrected chi connectivity index (χ2v) is 5.86. The van der Waals surface area contributed by atoms with E-state index >= 15 is 0 Å². The summed E-state index contributed by atoms with van der Waals surface area (Å²) in [5.74, 6) is -1.30. The molecule has 1 fully saturated rings. The molecule has 0 spiro atoms. The van der Waals surface area contributed by atoms with Crippen molar-refractivity contribution in [2.45, 2.75) is 40.0 Å². The number of ether oxygens (including phenoxy) is 2. The first-order valence-corrected chi connectivity index (χ1v) is 8.26. The quantitative estimate of drug-likeness (QED) is 0.831. The first-order valence-electron chi connectivity index (χ1n) is 8.26. The molecule has 1 aliphatic rings. The maximum Gasteiger partial charge on any atom is 0.355 e. The second-order valence-electron chi connectivity index (χ2n) is 5.86. The van der Waals surface area contributed by atoms with Crippen LogP contribution >= 0.6 is 0 Å². The minimum atomic E-state index is -0.609. The van der Waals surface area contributed by atoms with Crippen LogP contribution in [0, 0.1) is 13.8 Å². The van der Waals surface area contributed by atoms with E-state index in [2.05, 4.69) is 4.98 Å². The normalized spacial score (nSPS) is 14.4. The highest BCUT2D eigenvalue weighted by Gasteiger charge is 2.25. The van der Waals surface area contributed by atoms with E-state index in [9.17, 15) is 14.4 Å². The molecule has 0 radical (unpaired) electrons. The summed E-state index contributed by atoms with van der Waals surface area (Å²) in [5, 5.41) is 0. The molecular weight excluding hydrogens is 312 g/mol. The van der Waals surface area contributed by atoms with Crippen LogP contribution in [-0.2, 0) is 14.3 Å². The van der Waals surface area contributed by atoms with Crippen LogP contribution in [-0.4, -0.2) is 54.0 Å². The topological polar surface area (TPSA) is 88.7 Å². The molecular formula is C17H24N2O5. The van der Waals surface area contributed by atoms with Crippen molar-refractivity contribution in [3.8, 4) is 0 Å². The Kier molecular flexibility index (Phi) is 6.00. The Hall–Kier alpha value is -2.31. The number of aromatic nitrogens is 1. The maximum atomic E-state index is 12.3. The molecule has 0 bridgehead atoms. The fourth-order valence-corrected chi connectivity index (χ4v) is 2.90. The molecule has 0 aromatic carbocycles. The molecule has 24 heavy (non-hydrogen) atoms. The van der Waals surface area contributed by atoms with E-state index in [0.29, 0.717) is 24.3 Å². The van der Waals surface area contributed by atoms with Gasteiger partial charge in [0.1, 0.15) is 5.69 Å². The van der Waals surface area contributed by atoms with E-state index < -0.39 is 11.9 Å². The van der Waals surface area contributed by atoms with Crippen LogP contribution in [0.3, 0.4) is 0 Å². The van der Waals surface area contributed by atoms with Crippen LogP contribution in [0.25, 0.3) is 0 Å². The van der Waals surface area contributed by atoms with Gasteiger partial charge in [-0.15, -0.1) is 0 Å². The lowest BCUT2D eigenvalue weighted by Crippen LogP contribution is -2.38. The van der Waals surface area contributed by atoms with E-state index in [-0.39, 0.29) is 30.4 Å². The number of carbonyl (C=O) groups is 3. The van der Waals surface area contributed by atoms with Gasteiger partial charge >= 0.3 is 11.9 Å². The minimum absolute atomic E-state index is 0.181. The lowest BCUT2D eigenvalue weighted by molar-refractivity contribution is -0.135. The highest BCUT2D eigenvalue weighted by Crippen LogP contribution is 2.20. The number of piperidine rings is 1. The van der Waals surface area contributed by atoms with Gasteiger partial charge in [-0.25, -0.2) is 9.59 Å². The first-order chi connectivity index (χ1) is 11.5. The molecule has 1 aromatic heterocycles. The Balaban J connectivity index is 2.01. The number of aromatic amines is 1. The van der Waals surface area contributed by atoms with Crippen LogP contribution in [0.5, 0.6) is 0 Å². The zero-order valence-corrected chi connectivity index (χ0v) is 14.4. The standard InChI is InChI=1S/C17H24N2O5/c1-4-23-17(22)15-11(2)14(12(3)18-15)16(21)24-10-13(20)19-8-6-5-7-9-19/h18H,4-10H2,1-3H3. The molecule has 1 saturated heterocycles. The summed E-state index contributed by atoms with van der Waals surface area (Å²) < 4.78 is 10.1. The van der Waals surface area contributed by atoms with Crippen molar-refractivity contribution in [2.75, 3.05) is 26.3 Å². The summed E-state index contributed by atoms with van der Waals surface area (Å²) in [5.41, 5.74) is 1.51. The van der Waals surface area contributed by atoms with E-state index in [1.807, 2.05) is 0 Å². The Morgan fingerprint density at radius 3 is 2.33 bits per heavy atom. The molecule has 0 unspecified atom stereocenters. The van der Waals surface area contributed by atoms with Crippen molar-refractivity contribution in [3.05, 3.63) is 22.5 Å². The average Bonchev–Trinajstić information content (AvgIpc) is 2.88. The van der Waals surface area contributed by atoms with E-state index in [4.69, 9.17) is 9.47 Å². The van der Waals surface area contributed by atoms with Gasteiger partial charge in [-0.2, -0.15) is 0 Å². The molecule has 0 saturated carbocycles. The summed E-state index contributed by atoms with van der Waals surface area (Å²) in [4.78, 5) is 40.8. The zero-order chi connectivity index (χ0) is 17.7. The van der Waals surface area contributed by atoms with Gasteiger partial charge in [-0.05, 0) is 45.6 Å². The van der Waals surface area contributed by atoms with Gasteiger partial charge in [0.2, 0.25) is 0 Å². The molecule has 2 heterocycles. The number of rotatable bonds is 5. The predicted molar refractivity (Wildman–Crippen MR) is 86.9 cm³/mol. The summed E-state index contributed by atoms with van der Waals surface area (Å²) in [6.07, 6.45) is 3.10. The molecule has 0 aliphatic carbocycles. The highest BCUT2D eigenvalue weighted by molar-refractivity contribution is 5.99. The van der Waals surface area contributed by atoms with E-state index in [0.717, 1.165) is 19.3 Å². The molecule has 7 heteroatoms. The Morgan fingerprint density at radius 2 is 1.71 bits per heavy atom. The molecule has 132 valence electrons. The van der Waals surface area contributed by atoms with Crippen molar-refractivity contribution >= 4 is 17.8 Å². The SMILES string of the molecule is CCOC(=O)c1[nH]c(C)c(C(=O)OCC(=O)N2CCCCC2)c1C. The summed E-state index contributed by atoms with van der Waals surface area (Å²) >= 11 is 0. The smallest absolute Gasteiger partial charge is 0.355 e. The van der Waals surface area contributed by atoms with Crippen molar-refractivity contribution in [3.63, 3.8) is 0 Å². The summed E-state index contributed by atoms with van der Waals surface area (Å²) in [6, 6.07) is 0. The number of nitrogens with one attached hydrogen (secondary N) is 1. The number of amides is 1. The molecule has 1 aliphatic heterocycles. The van der Waals surface area contributed by atoms with Crippen LogP contribution in [0.15, 0.2) is 0 Å². The lowest BCUT2D eigenvalue weighted by Gasteiger charge is -2.26. The number of aryl methyl sites for hydroxylation is 1. The monoisotopic (exact) mass is 336 g/mol. The van der Waals surface area contributed by atoms with Crippen molar-refractivity contribution < 1.29 is 23.9 Å². The number of esters is 2. The number of nitrogens with zero attached hydrogens (tertiary/aromatic N) is 1. The van der Waals surface area contributed by atoms with Gasteiger partial charge < -0.3 is 19.4 Å². The van der Waals surface area contributed by atoms with Crippen molar-refractivity contribution in [2.24, 2.45) is 0 Å². The molecule has 1 N–H and O–H groups in total. The van der Waals surface area contributed by atoms with Gasteiger partial charge in [0, 0.05) is 18.8 Å². The van der Waals surface area contributed by atoms with Gasteiger partial charge in [-0.3, -0.25) is 4.79 Å². The summed E-state index contributed by atoms with van der Waals surface area (Å²) in [6.45, 7) is 6.44. The van der Waals surface area contributed by atoms with Crippen LogP contribution in [0.4, 0.5) is 0 Å². The molecule has 0 atom stereocenters. The van der Waals surface area contributed by atoms with Crippen LogP contribution < -0.4 is 0 Å². The van der Waals surface area contributed by atoms with E-state index in [1.165, 1.54) is 0 Å². The van der Waals surface area contributed by atoms with Gasteiger partial charge in [0.15, 0.2) is 6.61 Å². The van der Waals surface area contributed by atoms with Gasteiger partial charge in [0.05, 0.1) is 12.2 Å². The maximum absolute atomic E-state index is 12.3. The lowest BCUT2D eigenvalue weighted by atomic mass is 10.1. The third kappa shape index (κ3) is 3.96. The van der Waals surface area contributed by atoms with Crippen molar-refractivity contribution in [1.82, 2.24) is 9.88 Å². The molecule has 1 amide bonds. The van der Waals surface area contributed by atoms with Crippen LogP contribution in [0.1, 0.15) is 58.3 Å². The average molecular weight is 336 g/mol. The highest BCUT2D eigenvalue weighted by atomic mass is 16.5. The van der Waals surface area contributed by atoms with Crippen LogP contribution in [0.2, 0.25) is 0 Å². The summed E-state index contributed by atoms with van der Waals surface area (Å²) in [7, 11) is 0. The largest absolute Gasteiger partial charge is 0.461 e. The zero-order valence-electron chi connectivity index (χ0n) is 14.4. The molecule has 2 rings (SSSR count). The number of likely N-dealkylation sites (tertiary alicyclic amines) is 1. The second kappa shape index (κ2) is 7.99. The molecule has 7 nitrogen and oxygen atoms in total. The minimum Gasteiger partial charge on any atom is -0.461 e.